The minimum Gasteiger partial charge on any atom is -0.391 e. The van der Waals surface area contributed by atoms with E-state index in [1.807, 2.05) is 0 Å². The zero-order chi connectivity index (χ0) is 14.0. The van der Waals surface area contributed by atoms with Crippen LogP contribution < -0.4 is 5.32 Å². The molecule has 5 heteroatoms. The minimum atomic E-state index is -0.707. The van der Waals surface area contributed by atoms with Gasteiger partial charge >= 0.3 is 0 Å². The summed E-state index contributed by atoms with van der Waals surface area (Å²) in [6, 6.07) is 5.27. The molecule has 2 N–H and O–H groups in total. The van der Waals surface area contributed by atoms with Crippen LogP contribution in [0.15, 0.2) is 30.6 Å². The molecule has 0 radical (unpaired) electrons. The summed E-state index contributed by atoms with van der Waals surface area (Å²) in [4.78, 5) is 20.6. The van der Waals surface area contributed by atoms with Crippen LogP contribution in [0.1, 0.15) is 31.1 Å². The highest BCUT2D eigenvalue weighted by Crippen LogP contribution is 2.16. The summed E-state index contributed by atoms with van der Waals surface area (Å²) in [6.45, 7) is 5.18. The van der Waals surface area contributed by atoms with E-state index in [0.29, 0.717) is 16.6 Å². The van der Waals surface area contributed by atoms with Gasteiger partial charge in [-0.3, -0.25) is 14.8 Å². The molecule has 1 amide bonds. The average molecular weight is 259 g/mol. The predicted octanol–water partition coefficient (Wildman–Crippen LogP) is 1.52. The lowest BCUT2D eigenvalue weighted by atomic mass is 9.98. The van der Waals surface area contributed by atoms with E-state index >= 15 is 0 Å². The van der Waals surface area contributed by atoms with Crippen LogP contribution in [-0.2, 0) is 0 Å². The summed E-state index contributed by atoms with van der Waals surface area (Å²) in [5.41, 5.74) is 0.981. The highest BCUT2D eigenvalue weighted by Gasteiger charge is 2.27. The van der Waals surface area contributed by atoms with Crippen LogP contribution in [0.4, 0.5) is 0 Å². The standard InChI is InChI=1S/C14H17N3O2/c1-9(18)14(2,3)17-13(19)10-5-4-6-11-12(10)16-8-7-15-11/h4-9,18H,1-3H3,(H,17,19). The van der Waals surface area contributed by atoms with Crippen molar-refractivity contribution in [1.29, 1.82) is 0 Å². The van der Waals surface area contributed by atoms with Gasteiger partial charge in [-0.15, -0.1) is 0 Å². The van der Waals surface area contributed by atoms with Gasteiger partial charge in [-0.05, 0) is 32.9 Å². The highest BCUT2D eigenvalue weighted by atomic mass is 16.3. The lowest BCUT2D eigenvalue weighted by molar-refractivity contribution is 0.0710. The summed E-state index contributed by atoms with van der Waals surface area (Å²) in [7, 11) is 0. The zero-order valence-electron chi connectivity index (χ0n) is 11.2. The molecule has 2 rings (SSSR count). The van der Waals surface area contributed by atoms with E-state index in [2.05, 4.69) is 15.3 Å². The Hall–Kier alpha value is -2.01. The fraction of sp³-hybridized carbons (Fsp3) is 0.357. The van der Waals surface area contributed by atoms with Gasteiger partial charge < -0.3 is 10.4 Å². The van der Waals surface area contributed by atoms with Crippen molar-refractivity contribution in [3.63, 3.8) is 0 Å². The molecule has 2 aromatic rings. The number of carbonyl (C=O) groups excluding carboxylic acids is 1. The number of nitrogens with one attached hydrogen (secondary N) is 1. The minimum absolute atomic E-state index is 0.267. The van der Waals surface area contributed by atoms with E-state index in [9.17, 15) is 9.90 Å². The molecule has 0 saturated heterocycles. The molecule has 19 heavy (non-hydrogen) atoms. The SMILES string of the molecule is CC(O)C(C)(C)NC(=O)c1cccc2nccnc12. The smallest absolute Gasteiger partial charge is 0.254 e. The average Bonchev–Trinajstić information content (AvgIpc) is 2.37. The third kappa shape index (κ3) is 2.71. The van der Waals surface area contributed by atoms with Gasteiger partial charge in [0.1, 0.15) is 5.52 Å². The number of rotatable bonds is 3. The zero-order valence-corrected chi connectivity index (χ0v) is 11.2. The molecule has 0 fully saturated rings. The van der Waals surface area contributed by atoms with Crippen LogP contribution >= 0.6 is 0 Å². The molecular formula is C14H17N3O2. The van der Waals surface area contributed by atoms with E-state index in [1.165, 1.54) is 0 Å². The Kier molecular flexibility index (Phi) is 3.48. The molecule has 1 aromatic heterocycles. The Balaban J connectivity index is 2.37. The number of carbonyl (C=O) groups is 1. The maximum absolute atomic E-state index is 12.3. The molecule has 0 bridgehead atoms. The molecule has 1 unspecified atom stereocenters. The largest absolute Gasteiger partial charge is 0.391 e. The summed E-state index contributed by atoms with van der Waals surface area (Å²) in [5, 5.41) is 12.5. The van der Waals surface area contributed by atoms with Crippen molar-refractivity contribution in [2.75, 3.05) is 0 Å². The maximum atomic E-state index is 12.3. The number of nitrogens with zero attached hydrogens (tertiary/aromatic N) is 2. The Morgan fingerprint density at radius 3 is 2.68 bits per heavy atom. The van der Waals surface area contributed by atoms with Crippen LogP contribution in [0.3, 0.4) is 0 Å². The van der Waals surface area contributed by atoms with Crippen LogP contribution in [0, 0.1) is 0 Å². The molecule has 0 aliphatic heterocycles. The fourth-order valence-corrected chi connectivity index (χ4v) is 1.64. The van der Waals surface area contributed by atoms with E-state index in [-0.39, 0.29) is 5.91 Å². The normalized spacial score (nSPS) is 13.3. The van der Waals surface area contributed by atoms with Crippen molar-refractivity contribution in [3.8, 4) is 0 Å². The van der Waals surface area contributed by atoms with Crippen molar-refractivity contribution < 1.29 is 9.90 Å². The van der Waals surface area contributed by atoms with Crippen molar-refractivity contribution in [3.05, 3.63) is 36.2 Å². The number of para-hydroxylation sites is 1. The quantitative estimate of drug-likeness (QED) is 0.876. The van der Waals surface area contributed by atoms with Gasteiger partial charge in [-0.25, -0.2) is 0 Å². The number of fused-ring (bicyclic) bond motifs is 1. The van der Waals surface area contributed by atoms with Gasteiger partial charge in [-0.2, -0.15) is 0 Å². The summed E-state index contributed by atoms with van der Waals surface area (Å²) >= 11 is 0. The van der Waals surface area contributed by atoms with E-state index in [1.54, 1.807) is 51.4 Å². The van der Waals surface area contributed by atoms with Gasteiger partial charge in [-0.1, -0.05) is 6.07 Å². The maximum Gasteiger partial charge on any atom is 0.254 e. The molecule has 1 atom stereocenters. The third-order valence-electron chi connectivity index (χ3n) is 3.22. The first-order valence-corrected chi connectivity index (χ1v) is 6.12. The molecule has 1 aromatic carbocycles. The number of amides is 1. The van der Waals surface area contributed by atoms with Gasteiger partial charge in [0.25, 0.3) is 5.91 Å². The van der Waals surface area contributed by atoms with E-state index in [4.69, 9.17) is 0 Å². The lowest BCUT2D eigenvalue weighted by Crippen LogP contribution is -2.51. The Morgan fingerprint density at radius 1 is 1.32 bits per heavy atom. The number of aliphatic hydroxyl groups is 1. The van der Waals surface area contributed by atoms with Crippen LogP contribution in [0.2, 0.25) is 0 Å². The van der Waals surface area contributed by atoms with Gasteiger partial charge in [0, 0.05) is 12.4 Å². The van der Waals surface area contributed by atoms with E-state index < -0.39 is 11.6 Å². The number of hydrogen-bond donors (Lipinski definition) is 2. The second-order valence-corrected chi connectivity index (χ2v) is 5.08. The van der Waals surface area contributed by atoms with Crippen LogP contribution in [-0.4, -0.2) is 32.6 Å². The number of aliphatic hydroxyl groups excluding tert-OH is 1. The van der Waals surface area contributed by atoms with Crippen molar-refractivity contribution in [2.45, 2.75) is 32.4 Å². The molecular weight excluding hydrogens is 242 g/mol. The second kappa shape index (κ2) is 4.93. The first-order valence-electron chi connectivity index (χ1n) is 6.12. The number of aromatic nitrogens is 2. The summed E-state index contributed by atoms with van der Waals surface area (Å²) in [5.74, 6) is -0.267. The summed E-state index contributed by atoms with van der Waals surface area (Å²) in [6.07, 6.45) is 2.49. The van der Waals surface area contributed by atoms with Crippen molar-refractivity contribution in [1.82, 2.24) is 15.3 Å². The highest BCUT2D eigenvalue weighted by molar-refractivity contribution is 6.04. The topological polar surface area (TPSA) is 75.1 Å². The Bertz CT molecular complexity index is 603. The lowest BCUT2D eigenvalue weighted by Gasteiger charge is -2.29. The molecule has 100 valence electrons. The van der Waals surface area contributed by atoms with Crippen LogP contribution in [0.5, 0.6) is 0 Å². The number of hydrogen-bond acceptors (Lipinski definition) is 4. The van der Waals surface area contributed by atoms with Crippen molar-refractivity contribution in [2.24, 2.45) is 0 Å². The molecule has 1 heterocycles. The van der Waals surface area contributed by atoms with Gasteiger partial charge in [0.05, 0.1) is 22.7 Å². The molecule has 5 nitrogen and oxygen atoms in total. The molecule has 0 aliphatic carbocycles. The van der Waals surface area contributed by atoms with Gasteiger partial charge in [0.15, 0.2) is 0 Å². The second-order valence-electron chi connectivity index (χ2n) is 5.08. The van der Waals surface area contributed by atoms with Crippen LogP contribution in [0.25, 0.3) is 11.0 Å². The summed E-state index contributed by atoms with van der Waals surface area (Å²) < 4.78 is 0. The first kappa shape index (κ1) is 13.4. The van der Waals surface area contributed by atoms with Crippen molar-refractivity contribution >= 4 is 16.9 Å². The molecule has 0 aliphatic rings. The number of benzene rings is 1. The fourth-order valence-electron chi connectivity index (χ4n) is 1.64. The molecule has 0 spiro atoms. The van der Waals surface area contributed by atoms with Gasteiger partial charge in [0.2, 0.25) is 0 Å². The first-order chi connectivity index (χ1) is 8.92. The molecule has 0 saturated carbocycles. The van der Waals surface area contributed by atoms with E-state index in [0.717, 1.165) is 0 Å². The monoisotopic (exact) mass is 259 g/mol. The predicted molar refractivity (Wildman–Crippen MR) is 72.8 cm³/mol. The Morgan fingerprint density at radius 2 is 2.00 bits per heavy atom. The Labute approximate surface area is 111 Å². The third-order valence-corrected chi connectivity index (χ3v) is 3.22.